The molecular weight excluding hydrogens is 284 g/mol. The van der Waals surface area contributed by atoms with Crippen LogP contribution >= 0.6 is 0 Å². The van der Waals surface area contributed by atoms with Crippen LogP contribution in [-0.4, -0.2) is 21.9 Å². The summed E-state index contributed by atoms with van der Waals surface area (Å²) >= 11 is 0. The molecule has 0 aromatic heterocycles. The van der Waals surface area contributed by atoms with Crippen molar-refractivity contribution >= 4 is 0 Å². The van der Waals surface area contributed by atoms with Crippen LogP contribution in [0.15, 0.2) is 42.5 Å². The quantitative estimate of drug-likeness (QED) is 0.826. The predicted molar refractivity (Wildman–Crippen MR) is 92.2 cm³/mol. The molecule has 1 saturated heterocycles. The van der Waals surface area contributed by atoms with Gasteiger partial charge < -0.3 is 9.84 Å². The molecule has 4 atom stereocenters. The molecule has 2 aliphatic carbocycles. The summed E-state index contributed by atoms with van der Waals surface area (Å²) in [5, 5.41) is 11.2. The molecule has 2 heteroatoms. The third-order valence-corrected chi connectivity index (χ3v) is 6.76. The van der Waals surface area contributed by atoms with E-state index in [1.165, 1.54) is 12.0 Å². The van der Waals surface area contributed by atoms with Gasteiger partial charge in [0, 0.05) is 11.8 Å². The zero-order valence-electron chi connectivity index (χ0n) is 14.5. The summed E-state index contributed by atoms with van der Waals surface area (Å²) < 4.78 is 6.61. The van der Waals surface area contributed by atoms with Gasteiger partial charge in [0.2, 0.25) is 0 Å². The zero-order valence-corrected chi connectivity index (χ0v) is 14.5. The molecule has 3 aliphatic rings. The van der Waals surface area contributed by atoms with Crippen LogP contribution in [0, 0.1) is 11.3 Å². The SMILES string of the molecule is CC1(C)O[C@@]23C=C[C@@](O)(Cc4ccccc4)C[C@@]2(C)CC[C@@H]1C3. The molecular formula is C21H28O2. The number of ether oxygens (including phenoxy) is 1. The lowest BCUT2D eigenvalue weighted by Gasteiger charge is -2.53. The van der Waals surface area contributed by atoms with E-state index in [0.29, 0.717) is 12.3 Å². The minimum atomic E-state index is -0.760. The second-order valence-corrected chi connectivity index (χ2v) is 8.87. The molecule has 1 aromatic rings. The van der Waals surface area contributed by atoms with E-state index in [1.54, 1.807) is 0 Å². The summed E-state index contributed by atoms with van der Waals surface area (Å²) in [6.07, 6.45) is 9.17. The highest BCUT2D eigenvalue weighted by Crippen LogP contribution is 2.63. The minimum absolute atomic E-state index is 0.0234. The second kappa shape index (κ2) is 4.70. The Kier molecular flexibility index (Phi) is 3.15. The molecule has 2 fully saturated rings. The molecule has 1 N–H and O–H groups in total. The third kappa shape index (κ3) is 2.30. The van der Waals surface area contributed by atoms with Crippen molar-refractivity contribution in [3.63, 3.8) is 0 Å². The van der Waals surface area contributed by atoms with Crippen molar-refractivity contribution in [3.8, 4) is 0 Å². The van der Waals surface area contributed by atoms with E-state index >= 15 is 0 Å². The van der Waals surface area contributed by atoms with Gasteiger partial charge in [-0.15, -0.1) is 0 Å². The second-order valence-electron chi connectivity index (χ2n) is 8.87. The van der Waals surface area contributed by atoms with Gasteiger partial charge in [-0.05, 0) is 51.0 Å². The summed E-state index contributed by atoms with van der Waals surface area (Å²) in [6, 6.07) is 10.3. The Balaban J connectivity index is 1.67. The Labute approximate surface area is 139 Å². The Morgan fingerprint density at radius 3 is 2.61 bits per heavy atom. The van der Waals surface area contributed by atoms with Crippen molar-refractivity contribution in [2.24, 2.45) is 11.3 Å². The maximum atomic E-state index is 11.2. The average Bonchev–Trinajstić information content (AvgIpc) is 2.71. The molecule has 1 spiro atoms. The van der Waals surface area contributed by atoms with Crippen LogP contribution in [0.4, 0.5) is 0 Å². The van der Waals surface area contributed by atoms with Crippen LogP contribution in [0.2, 0.25) is 0 Å². The molecule has 2 nitrogen and oxygen atoms in total. The lowest BCUT2D eigenvalue weighted by Crippen LogP contribution is -2.54. The van der Waals surface area contributed by atoms with Crippen LogP contribution in [-0.2, 0) is 11.2 Å². The molecule has 1 heterocycles. The number of rotatable bonds is 2. The molecule has 124 valence electrons. The van der Waals surface area contributed by atoms with Crippen LogP contribution in [0.3, 0.4) is 0 Å². The van der Waals surface area contributed by atoms with Gasteiger partial charge in [0.1, 0.15) is 0 Å². The van der Waals surface area contributed by atoms with Gasteiger partial charge in [-0.2, -0.15) is 0 Å². The first-order valence-electron chi connectivity index (χ1n) is 8.93. The number of hydrogen-bond acceptors (Lipinski definition) is 2. The normalized spacial score (nSPS) is 44.1. The van der Waals surface area contributed by atoms with Gasteiger partial charge in [0.25, 0.3) is 0 Å². The molecule has 1 aromatic carbocycles. The van der Waals surface area contributed by atoms with Crippen molar-refractivity contribution < 1.29 is 9.84 Å². The molecule has 0 amide bonds. The fourth-order valence-electron chi connectivity index (χ4n) is 5.37. The zero-order chi connectivity index (χ0) is 16.3. The van der Waals surface area contributed by atoms with E-state index in [0.717, 1.165) is 19.3 Å². The monoisotopic (exact) mass is 312 g/mol. The van der Waals surface area contributed by atoms with Crippen LogP contribution in [0.5, 0.6) is 0 Å². The molecule has 23 heavy (non-hydrogen) atoms. The summed E-state index contributed by atoms with van der Waals surface area (Å²) in [5.74, 6) is 0.639. The Morgan fingerprint density at radius 1 is 1.13 bits per heavy atom. The summed E-state index contributed by atoms with van der Waals surface area (Å²) in [5.41, 5.74) is 0.236. The van der Waals surface area contributed by atoms with Gasteiger partial charge >= 0.3 is 0 Å². The Morgan fingerprint density at radius 2 is 1.87 bits per heavy atom. The van der Waals surface area contributed by atoms with E-state index in [9.17, 15) is 5.11 Å². The van der Waals surface area contributed by atoms with E-state index in [1.807, 2.05) is 24.3 Å². The number of benzene rings is 1. The van der Waals surface area contributed by atoms with E-state index in [2.05, 4.69) is 39.0 Å². The first-order valence-corrected chi connectivity index (χ1v) is 8.93. The molecule has 4 rings (SSSR count). The number of fused-ring (bicyclic) bond motifs is 1. The maximum Gasteiger partial charge on any atom is 0.0929 e. The van der Waals surface area contributed by atoms with Gasteiger partial charge in [0.05, 0.1) is 16.8 Å². The lowest BCUT2D eigenvalue weighted by atomic mass is 9.55. The Bertz CT molecular complexity index is 635. The third-order valence-electron chi connectivity index (χ3n) is 6.76. The van der Waals surface area contributed by atoms with Crippen molar-refractivity contribution in [1.29, 1.82) is 0 Å². The summed E-state index contributed by atoms with van der Waals surface area (Å²) in [7, 11) is 0. The van der Waals surface area contributed by atoms with Crippen molar-refractivity contribution in [2.45, 2.75) is 69.7 Å². The van der Waals surface area contributed by atoms with Crippen LogP contribution in [0.1, 0.15) is 52.0 Å². The minimum Gasteiger partial charge on any atom is -0.385 e. The first kappa shape index (κ1) is 15.4. The highest BCUT2D eigenvalue weighted by molar-refractivity contribution is 5.30. The van der Waals surface area contributed by atoms with Crippen molar-refractivity contribution in [3.05, 3.63) is 48.0 Å². The summed E-state index contributed by atoms with van der Waals surface area (Å²) in [6.45, 7) is 6.79. The van der Waals surface area contributed by atoms with Gasteiger partial charge in [-0.3, -0.25) is 0 Å². The van der Waals surface area contributed by atoms with Crippen LogP contribution < -0.4 is 0 Å². The highest BCUT2D eigenvalue weighted by atomic mass is 16.5. The largest absolute Gasteiger partial charge is 0.385 e. The standard InChI is InChI=1S/C21H28O2/c1-18(2)17-9-10-19(3)15-20(22,11-12-21(19,14-17)23-18)13-16-7-5-4-6-8-16/h4-8,11-12,17,22H,9-10,13-15H2,1-3H3/t17-,19-,20-,21-/m1/s1. The lowest BCUT2D eigenvalue weighted by molar-refractivity contribution is -0.145. The molecule has 0 unspecified atom stereocenters. The maximum absolute atomic E-state index is 11.2. The topological polar surface area (TPSA) is 29.5 Å². The molecule has 0 radical (unpaired) electrons. The van der Waals surface area contributed by atoms with Crippen molar-refractivity contribution in [2.75, 3.05) is 0 Å². The fourth-order valence-corrected chi connectivity index (χ4v) is 5.37. The predicted octanol–water partition coefficient (Wildman–Crippen LogP) is 4.27. The smallest absolute Gasteiger partial charge is 0.0929 e. The summed E-state index contributed by atoms with van der Waals surface area (Å²) in [4.78, 5) is 0. The fraction of sp³-hybridized carbons (Fsp3) is 0.619. The van der Waals surface area contributed by atoms with Gasteiger partial charge in [-0.25, -0.2) is 0 Å². The molecule has 1 saturated carbocycles. The van der Waals surface area contributed by atoms with Crippen molar-refractivity contribution in [1.82, 2.24) is 0 Å². The number of hydrogen-bond donors (Lipinski definition) is 1. The van der Waals surface area contributed by atoms with E-state index in [4.69, 9.17) is 4.74 Å². The van der Waals surface area contributed by atoms with E-state index < -0.39 is 5.60 Å². The first-order chi connectivity index (χ1) is 10.8. The average molecular weight is 312 g/mol. The highest BCUT2D eigenvalue weighted by Gasteiger charge is 2.64. The Hall–Kier alpha value is -1.12. The number of aliphatic hydroxyl groups is 1. The molecule has 2 bridgehead atoms. The van der Waals surface area contributed by atoms with Gasteiger partial charge in [-0.1, -0.05) is 49.4 Å². The van der Waals surface area contributed by atoms with Crippen LogP contribution in [0.25, 0.3) is 0 Å². The van der Waals surface area contributed by atoms with E-state index in [-0.39, 0.29) is 16.6 Å². The molecule has 1 aliphatic heterocycles. The van der Waals surface area contributed by atoms with Gasteiger partial charge in [0.15, 0.2) is 0 Å².